The molecule has 0 fully saturated rings. The molecule has 0 aliphatic carbocycles. The average molecular weight is 898 g/mol. The van der Waals surface area contributed by atoms with Gasteiger partial charge in [-0.25, -0.2) is 0 Å². The molecule has 0 spiro atoms. The molecule has 0 atom stereocenters. The van der Waals surface area contributed by atoms with E-state index in [0.717, 1.165) is 43.6 Å². The minimum absolute atomic E-state index is 0. The molecular weight excluding hydrogens is 849 g/mol. The number of hydrogen-bond donors (Lipinski definition) is 0. The topological polar surface area (TPSA) is 38.9 Å². The molecule has 0 bridgehead atoms. The van der Waals surface area contributed by atoms with Gasteiger partial charge in [0.25, 0.3) is 0 Å². The number of nitrogens with zero attached hydrogens (tertiary/aromatic N) is 2. The van der Waals surface area contributed by atoms with Crippen molar-refractivity contribution >= 4 is 61.1 Å². The van der Waals surface area contributed by atoms with Gasteiger partial charge in [-0.1, -0.05) is 79.7 Å². The number of furan rings is 1. The monoisotopic (exact) mass is 899 g/mol. The predicted molar refractivity (Wildman–Crippen MR) is 210 cm³/mol. The Morgan fingerprint density at radius 2 is 1.58 bits per heavy atom. The first kappa shape index (κ1) is 28.6. The van der Waals surface area contributed by atoms with E-state index in [1.165, 1.54) is 10.5 Å². The molecular formula is C45H42GeIrN2O-2. The van der Waals surface area contributed by atoms with Crippen LogP contribution in [0.3, 0.4) is 0 Å². The maximum absolute atomic E-state index is 8.87. The normalized spacial score (nSPS) is 14.1. The van der Waals surface area contributed by atoms with Gasteiger partial charge in [0.1, 0.15) is 5.58 Å². The summed E-state index contributed by atoms with van der Waals surface area (Å²) in [7, 11) is 0. The first-order chi connectivity index (χ1) is 25.8. The third-order valence-corrected chi connectivity index (χ3v) is 12.8. The van der Waals surface area contributed by atoms with Gasteiger partial charge in [-0.2, -0.15) is 0 Å². The SMILES string of the molecule is [2H]c1nc(-c2[c-]ccc3c2oc2cc4c(ccc5ccccc54)cc23)cc(C([2H])([2H])C(C)(C)C)c1C([2H])([2H])[2H].[CH3][Ge]([CH3])([CH3])[c]1ccc(-c2[c-]cccc2)nc1.[Ir]. The molecule has 50 heavy (non-hydrogen) atoms. The Bertz CT molecular complexity index is 2700. The van der Waals surface area contributed by atoms with Crippen LogP contribution in [-0.2, 0) is 26.5 Å². The second kappa shape index (κ2) is 14.3. The summed E-state index contributed by atoms with van der Waals surface area (Å²) in [6.45, 7) is 2.43. The number of aromatic nitrogens is 2. The quantitative estimate of drug-likeness (QED) is 0.100. The Morgan fingerprint density at radius 3 is 2.30 bits per heavy atom. The third kappa shape index (κ3) is 7.49. The Morgan fingerprint density at radius 1 is 0.780 bits per heavy atom. The van der Waals surface area contributed by atoms with Crippen LogP contribution >= 0.6 is 0 Å². The molecule has 5 aromatic carbocycles. The van der Waals surface area contributed by atoms with Gasteiger partial charge in [0.2, 0.25) is 0 Å². The Labute approximate surface area is 320 Å². The summed E-state index contributed by atoms with van der Waals surface area (Å²) in [6, 6.07) is 40.3. The molecule has 0 aliphatic rings. The van der Waals surface area contributed by atoms with Gasteiger partial charge in [0, 0.05) is 38.5 Å². The van der Waals surface area contributed by atoms with Crippen LogP contribution < -0.4 is 4.40 Å². The molecule has 3 heterocycles. The summed E-state index contributed by atoms with van der Waals surface area (Å²) in [4.78, 5) is 8.86. The van der Waals surface area contributed by atoms with E-state index in [0.29, 0.717) is 16.7 Å². The van der Waals surface area contributed by atoms with Crippen LogP contribution in [0.5, 0.6) is 0 Å². The van der Waals surface area contributed by atoms with E-state index in [9.17, 15) is 0 Å². The molecule has 8 rings (SSSR count). The second-order valence-electron chi connectivity index (χ2n) is 14.4. The summed E-state index contributed by atoms with van der Waals surface area (Å²) in [5.74, 6) is 7.14. The number of hydrogen-bond acceptors (Lipinski definition) is 3. The molecule has 5 heteroatoms. The van der Waals surface area contributed by atoms with Crippen LogP contribution in [0.2, 0.25) is 17.3 Å². The maximum atomic E-state index is 8.87. The third-order valence-electron chi connectivity index (χ3n) is 8.52. The molecule has 8 aromatic rings. The smallest absolute Gasteiger partial charge is 0 e. The van der Waals surface area contributed by atoms with Crippen LogP contribution in [0.25, 0.3) is 66.0 Å². The minimum atomic E-state index is -2.70. The van der Waals surface area contributed by atoms with Crippen molar-refractivity contribution in [2.24, 2.45) is 5.41 Å². The fourth-order valence-corrected chi connectivity index (χ4v) is 8.20. The van der Waals surface area contributed by atoms with Gasteiger partial charge in [-0.15, -0.1) is 18.2 Å². The molecule has 0 aliphatic heterocycles. The largest absolute Gasteiger partial charge is 0 e. The van der Waals surface area contributed by atoms with Gasteiger partial charge in [-0.05, 0) is 63.6 Å². The maximum Gasteiger partial charge on any atom is 0 e. The van der Waals surface area contributed by atoms with Gasteiger partial charge in [0.15, 0.2) is 0 Å². The molecule has 0 saturated carbocycles. The van der Waals surface area contributed by atoms with E-state index in [4.69, 9.17) is 12.6 Å². The molecule has 0 amide bonds. The molecule has 253 valence electrons. The zero-order valence-electron chi connectivity index (χ0n) is 35.0. The summed E-state index contributed by atoms with van der Waals surface area (Å²) < 4.78 is 58.2. The number of fused-ring (bicyclic) bond motifs is 6. The molecule has 0 saturated heterocycles. The molecule has 3 nitrogen and oxygen atoms in total. The van der Waals surface area contributed by atoms with E-state index >= 15 is 0 Å². The van der Waals surface area contributed by atoms with Crippen molar-refractivity contribution < 1.29 is 32.7 Å². The fraction of sp³-hybridized carbons (Fsp3) is 0.200. The zero-order chi connectivity index (χ0) is 39.5. The first-order valence-corrected chi connectivity index (χ1v) is 23.8. The Kier molecular flexibility index (Phi) is 8.16. The van der Waals surface area contributed by atoms with E-state index in [-0.39, 0.29) is 36.9 Å². The van der Waals surface area contributed by atoms with Gasteiger partial charge >= 0.3 is 99.8 Å². The summed E-state index contributed by atoms with van der Waals surface area (Å²) in [5.41, 5.74) is 2.59. The summed E-state index contributed by atoms with van der Waals surface area (Å²) in [5, 5.41) is 6.16. The molecule has 3 aromatic heterocycles. The second-order valence-corrected chi connectivity index (χ2v) is 25.1. The summed E-state index contributed by atoms with van der Waals surface area (Å²) >= 11 is -1.72. The van der Waals surface area contributed by atoms with E-state index in [1.54, 1.807) is 26.8 Å². The minimum Gasteiger partial charge on any atom is 0 e. The van der Waals surface area contributed by atoms with Crippen LogP contribution in [-0.4, -0.2) is 23.2 Å². The van der Waals surface area contributed by atoms with Crippen molar-refractivity contribution in [3.63, 3.8) is 0 Å². The van der Waals surface area contributed by atoms with Crippen LogP contribution in [0.4, 0.5) is 0 Å². The Hall–Kier alpha value is -4.09. The van der Waals surface area contributed by atoms with Gasteiger partial charge in [-0.3, -0.25) is 0 Å². The van der Waals surface area contributed by atoms with Crippen LogP contribution in [0.1, 0.15) is 40.1 Å². The van der Waals surface area contributed by atoms with Gasteiger partial charge < -0.3 is 9.40 Å². The Balaban J connectivity index is 0.000000263. The summed E-state index contributed by atoms with van der Waals surface area (Å²) in [6.07, 6.45) is -0.490. The van der Waals surface area contributed by atoms with Crippen LogP contribution in [0.15, 0.2) is 120 Å². The number of benzene rings is 5. The number of pyridine rings is 2. The predicted octanol–water partition coefficient (Wildman–Crippen LogP) is 11.7. The van der Waals surface area contributed by atoms with E-state index in [2.05, 4.69) is 81.8 Å². The standard InChI is InChI=1S/C31H26NO.C14H16GeN.Ir/c1-19-18-32-28(15-22(19)17-31(2,3)4)25-11-7-10-24-27-14-21-13-12-20-8-5-6-9-23(20)26(21)16-29(27)33-30(24)25;1-15(2,3)13-9-10-14(16-11-13)12-7-5-4-6-8-12;/h5-10,12-16,18H,17H2,1-4H3;4-7,9-11H,1-3H3;/q2*-1;/i1D3,17D2,18D;;. The van der Waals surface area contributed by atoms with E-state index < -0.39 is 38.1 Å². The van der Waals surface area contributed by atoms with Crippen molar-refractivity contribution in [2.45, 2.75) is 51.3 Å². The van der Waals surface area contributed by atoms with Crippen molar-refractivity contribution in [1.82, 2.24) is 9.97 Å². The average Bonchev–Trinajstić information content (AvgIpc) is 3.50. The van der Waals surface area contributed by atoms with Crippen LogP contribution in [0, 0.1) is 24.4 Å². The van der Waals surface area contributed by atoms with Gasteiger partial charge in [0.05, 0.1) is 6.95 Å². The first-order valence-electron chi connectivity index (χ1n) is 19.5. The number of rotatable bonds is 4. The van der Waals surface area contributed by atoms with Crippen molar-refractivity contribution in [2.75, 3.05) is 0 Å². The zero-order valence-corrected chi connectivity index (χ0v) is 33.5. The van der Waals surface area contributed by atoms with Crippen molar-refractivity contribution in [3.05, 3.63) is 139 Å². The van der Waals surface area contributed by atoms with Crippen molar-refractivity contribution in [3.8, 4) is 22.5 Å². The molecule has 0 unspecified atom stereocenters. The molecule has 1 radical (unpaired) electrons. The molecule has 0 N–H and O–H groups in total. The van der Waals surface area contributed by atoms with Crippen molar-refractivity contribution in [1.29, 1.82) is 0 Å². The fourth-order valence-electron chi connectivity index (χ4n) is 6.03. The van der Waals surface area contributed by atoms with E-state index in [1.807, 2.05) is 54.7 Å².